The fourth-order valence-corrected chi connectivity index (χ4v) is 1.49. The molecule has 7 nitrogen and oxygen atoms in total. The summed E-state index contributed by atoms with van der Waals surface area (Å²) in [6.07, 6.45) is 1.09. The predicted molar refractivity (Wildman–Crippen MR) is 66.2 cm³/mol. The molecular formula is C12H10N2O5. The number of nitro groups is 1. The number of aliphatic hydroxyl groups is 1. The van der Waals surface area contributed by atoms with E-state index in [9.17, 15) is 15.3 Å². The molecule has 0 aliphatic heterocycles. The third-order valence-electron chi connectivity index (χ3n) is 2.38. The largest absolute Gasteiger partial charge is 0.618 e. The molecule has 0 fully saturated rings. The molecule has 1 heterocycles. The van der Waals surface area contributed by atoms with E-state index in [0.29, 0.717) is 16.0 Å². The van der Waals surface area contributed by atoms with Crippen molar-refractivity contribution in [3.05, 3.63) is 63.0 Å². The van der Waals surface area contributed by atoms with Crippen molar-refractivity contribution in [1.29, 1.82) is 0 Å². The molecule has 0 unspecified atom stereocenters. The zero-order valence-electron chi connectivity index (χ0n) is 9.72. The minimum absolute atomic E-state index is 0.0797. The van der Waals surface area contributed by atoms with Crippen LogP contribution < -0.4 is 0 Å². The van der Waals surface area contributed by atoms with Crippen LogP contribution in [0.3, 0.4) is 0 Å². The lowest BCUT2D eigenvalue weighted by Crippen LogP contribution is -1.98. The third kappa shape index (κ3) is 2.96. The molecule has 2 rings (SSSR count). The minimum Gasteiger partial charge on any atom is -0.618 e. The molecule has 98 valence electrons. The lowest BCUT2D eigenvalue weighted by atomic mass is 10.2. The smallest absolute Gasteiger partial charge is 0.433 e. The molecule has 0 amide bonds. The first-order valence-corrected chi connectivity index (χ1v) is 5.35. The van der Waals surface area contributed by atoms with E-state index in [1.807, 2.05) is 0 Å². The SMILES string of the molecule is O=[N+]([O-])c1ccc(C=[N+]([O-])c2cccc(CO)c2)o1. The van der Waals surface area contributed by atoms with Gasteiger partial charge in [-0.3, -0.25) is 10.1 Å². The van der Waals surface area contributed by atoms with Gasteiger partial charge >= 0.3 is 5.88 Å². The molecule has 0 aliphatic rings. The Morgan fingerprint density at radius 1 is 1.26 bits per heavy atom. The molecular weight excluding hydrogens is 252 g/mol. The quantitative estimate of drug-likeness (QED) is 0.298. The predicted octanol–water partition coefficient (Wildman–Crippen LogP) is 1.94. The van der Waals surface area contributed by atoms with Crippen molar-refractivity contribution < 1.29 is 19.2 Å². The molecule has 0 radical (unpaired) electrons. The lowest BCUT2D eigenvalue weighted by molar-refractivity contribution is -0.402. The summed E-state index contributed by atoms with van der Waals surface area (Å²) in [5.41, 5.74) is 0.891. The molecule has 0 bridgehead atoms. The van der Waals surface area contributed by atoms with E-state index in [0.717, 1.165) is 6.21 Å². The second kappa shape index (κ2) is 5.32. The van der Waals surface area contributed by atoms with Crippen LogP contribution in [0.25, 0.3) is 0 Å². The summed E-state index contributed by atoms with van der Waals surface area (Å²) >= 11 is 0. The van der Waals surface area contributed by atoms with Gasteiger partial charge < -0.3 is 14.7 Å². The van der Waals surface area contributed by atoms with Crippen LogP contribution in [-0.2, 0) is 6.61 Å². The summed E-state index contributed by atoms with van der Waals surface area (Å²) in [6.45, 7) is -0.173. The van der Waals surface area contributed by atoms with E-state index < -0.39 is 10.8 Å². The number of nitrogens with zero attached hydrogens (tertiary/aromatic N) is 2. The van der Waals surface area contributed by atoms with Gasteiger partial charge in [-0.05, 0) is 11.6 Å². The molecule has 0 aliphatic carbocycles. The average Bonchev–Trinajstić information content (AvgIpc) is 2.87. The van der Waals surface area contributed by atoms with Crippen molar-refractivity contribution in [3.8, 4) is 0 Å². The van der Waals surface area contributed by atoms with E-state index in [1.165, 1.54) is 18.2 Å². The van der Waals surface area contributed by atoms with Gasteiger partial charge in [-0.1, -0.05) is 12.1 Å². The summed E-state index contributed by atoms with van der Waals surface area (Å²) in [5.74, 6) is -0.347. The first-order valence-electron chi connectivity index (χ1n) is 5.35. The summed E-state index contributed by atoms with van der Waals surface area (Å²) < 4.78 is 5.36. The molecule has 0 atom stereocenters. The van der Waals surface area contributed by atoms with Crippen molar-refractivity contribution >= 4 is 17.8 Å². The standard InChI is InChI=1S/C12H10N2O5/c15-8-9-2-1-3-10(6-9)13(16)7-11-4-5-12(19-11)14(17)18/h1-7,15H,8H2. The maximum atomic E-state index is 11.8. The normalized spacial score (nSPS) is 11.5. The van der Waals surface area contributed by atoms with Crippen LogP contribution in [0.2, 0.25) is 0 Å². The minimum atomic E-state index is -0.682. The van der Waals surface area contributed by atoms with Gasteiger partial charge in [-0.15, -0.1) is 0 Å². The highest BCUT2D eigenvalue weighted by Crippen LogP contribution is 2.16. The van der Waals surface area contributed by atoms with Gasteiger partial charge in [0, 0.05) is 12.1 Å². The Bertz CT molecular complexity index is 633. The van der Waals surface area contributed by atoms with Crippen molar-refractivity contribution in [2.24, 2.45) is 0 Å². The van der Waals surface area contributed by atoms with Crippen molar-refractivity contribution in [1.82, 2.24) is 0 Å². The molecule has 2 aromatic rings. The number of aliphatic hydroxyl groups excluding tert-OH is 1. The van der Waals surface area contributed by atoms with Gasteiger partial charge in [0.2, 0.25) is 11.9 Å². The Morgan fingerprint density at radius 3 is 2.68 bits per heavy atom. The van der Waals surface area contributed by atoms with E-state index in [4.69, 9.17) is 9.52 Å². The van der Waals surface area contributed by atoms with E-state index in [2.05, 4.69) is 0 Å². The van der Waals surface area contributed by atoms with Crippen molar-refractivity contribution in [2.45, 2.75) is 6.61 Å². The molecule has 0 saturated carbocycles. The van der Waals surface area contributed by atoms with Crippen LogP contribution in [0.4, 0.5) is 11.6 Å². The Morgan fingerprint density at radius 2 is 2.05 bits per heavy atom. The monoisotopic (exact) mass is 262 g/mol. The fourth-order valence-electron chi connectivity index (χ4n) is 1.49. The van der Waals surface area contributed by atoms with E-state index in [-0.39, 0.29) is 12.4 Å². The second-order valence-corrected chi connectivity index (χ2v) is 3.72. The molecule has 0 saturated heterocycles. The molecule has 19 heavy (non-hydrogen) atoms. The number of benzene rings is 1. The molecule has 0 spiro atoms. The zero-order valence-corrected chi connectivity index (χ0v) is 9.72. The average molecular weight is 262 g/mol. The Hall–Kier alpha value is -2.67. The second-order valence-electron chi connectivity index (χ2n) is 3.72. The summed E-state index contributed by atoms with van der Waals surface area (Å²) in [7, 11) is 0. The van der Waals surface area contributed by atoms with Gasteiger partial charge in [0.05, 0.1) is 12.7 Å². The Labute approximate surface area is 107 Å². The van der Waals surface area contributed by atoms with Gasteiger partial charge in [0.25, 0.3) is 0 Å². The van der Waals surface area contributed by atoms with Gasteiger partial charge in [-0.2, -0.15) is 4.74 Å². The van der Waals surface area contributed by atoms with Gasteiger partial charge in [0.1, 0.15) is 4.92 Å². The topological polar surface area (TPSA) is 103 Å². The van der Waals surface area contributed by atoms with Crippen LogP contribution in [0, 0.1) is 15.3 Å². The summed E-state index contributed by atoms with van der Waals surface area (Å²) in [5, 5.41) is 31.2. The van der Waals surface area contributed by atoms with Crippen LogP contribution in [-0.4, -0.2) is 21.0 Å². The summed E-state index contributed by atoms with van der Waals surface area (Å²) in [4.78, 5) is 9.75. The van der Waals surface area contributed by atoms with Crippen LogP contribution in [0.15, 0.2) is 40.8 Å². The Balaban J connectivity index is 2.28. The fraction of sp³-hybridized carbons (Fsp3) is 0.0833. The third-order valence-corrected chi connectivity index (χ3v) is 2.38. The number of hydrogen-bond acceptors (Lipinski definition) is 5. The van der Waals surface area contributed by atoms with Crippen LogP contribution in [0.1, 0.15) is 11.3 Å². The van der Waals surface area contributed by atoms with Crippen LogP contribution in [0.5, 0.6) is 0 Å². The van der Waals surface area contributed by atoms with Crippen molar-refractivity contribution in [2.75, 3.05) is 0 Å². The van der Waals surface area contributed by atoms with E-state index in [1.54, 1.807) is 18.2 Å². The first-order chi connectivity index (χ1) is 9.10. The van der Waals surface area contributed by atoms with E-state index >= 15 is 0 Å². The maximum Gasteiger partial charge on any atom is 0.433 e. The maximum absolute atomic E-state index is 11.8. The van der Waals surface area contributed by atoms with Crippen LogP contribution >= 0.6 is 0 Å². The molecule has 1 aromatic carbocycles. The number of hydrogen-bond donors (Lipinski definition) is 1. The van der Waals surface area contributed by atoms with Gasteiger partial charge in [-0.25, -0.2) is 0 Å². The lowest BCUT2D eigenvalue weighted by Gasteiger charge is -2.03. The number of furan rings is 1. The van der Waals surface area contributed by atoms with Gasteiger partial charge in [0.15, 0.2) is 5.76 Å². The highest BCUT2D eigenvalue weighted by molar-refractivity contribution is 5.73. The molecule has 1 N–H and O–H groups in total. The highest BCUT2D eigenvalue weighted by atomic mass is 16.6. The number of rotatable bonds is 4. The summed E-state index contributed by atoms with van der Waals surface area (Å²) in [6, 6.07) is 8.88. The Kier molecular flexibility index (Phi) is 3.58. The molecule has 1 aromatic heterocycles. The first kappa shape index (κ1) is 12.8. The van der Waals surface area contributed by atoms with Crippen molar-refractivity contribution in [3.63, 3.8) is 0 Å². The zero-order chi connectivity index (χ0) is 13.8. The molecule has 7 heteroatoms. The highest BCUT2D eigenvalue weighted by Gasteiger charge is 2.13.